The zero-order chi connectivity index (χ0) is 24.2. The zero-order valence-corrected chi connectivity index (χ0v) is 21.0. The Morgan fingerprint density at radius 2 is 1.62 bits per heavy atom. The van der Waals surface area contributed by atoms with Gasteiger partial charge in [0.2, 0.25) is 11.8 Å². The van der Waals surface area contributed by atoms with Crippen LogP contribution in [0.25, 0.3) is 0 Å². The van der Waals surface area contributed by atoms with Gasteiger partial charge >= 0.3 is 0 Å². The predicted octanol–water partition coefficient (Wildman–Crippen LogP) is 5.38. The van der Waals surface area contributed by atoms with Gasteiger partial charge in [-0.15, -0.1) is 0 Å². The molecule has 34 heavy (non-hydrogen) atoms. The summed E-state index contributed by atoms with van der Waals surface area (Å²) in [6.07, 6.45) is 1.31. The maximum absolute atomic E-state index is 13.5. The Hall–Kier alpha value is -3.12. The average Bonchev–Trinajstić information content (AvgIpc) is 2.85. The van der Waals surface area contributed by atoms with Gasteiger partial charge in [0.15, 0.2) is 0 Å². The quantitative estimate of drug-likeness (QED) is 0.324. The summed E-state index contributed by atoms with van der Waals surface area (Å²) in [6.45, 7) is 3.18. The highest BCUT2D eigenvalue weighted by atomic mass is 79.9. The van der Waals surface area contributed by atoms with Crippen molar-refractivity contribution >= 4 is 27.7 Å². The Morgan fingerprint density at radius 1 is 0.941 bits per heavy atom. The number of hydrogen-bond acceptors (Lipinski definition) is 3. The standard InChI is InChI=1S/C28H31BrN2O3/c1-2-30-28(33)26(20-22-11-5-3-6-12-22)31(21-23-13-9-14-24(29)19-23)27(32)17-10-18-34-25-15-7-4-8-16-25/h3-9,11-16,19,26H,2,10,17-18,20-21H2,1H3,(H,30,33)/t26-/m0/s1. The molecule has 3 aromatic carbocycles. The van der Waals surface area contributed by atoms with Crippen LogP contribution in [0.1, 0.15) is 30.9 Å². The van der Waals surface area contributed by atoms with Crippen molar-refractivity contribution in [3.63, 3.8) is 0 Å². The number of para-hydroxylation sites is 1. The van der Waals surface area contributed by atoms with E-state index < -0.39 is 6.04 Å². The van der Waals surface area contributed by atoms with E-state index in [4.69, 9.17) is 4.74 Å². The van der Waals surface area contributed by atoms with E-state index in [-0.39, 0.29) is 11.8 Å². The number of nitrogens with zero attached hydrogens (tertiary/aromatic N) is 1. The van der Waals surface area contributed by atoms with Crippen molar-refractivity contribution in [2.24, 2.45) is 0 Å². The number of benzene rings is 3. The van der Waals surface area contributed by atoms with Gasteiger partial charge in [-0.05, 0) is 48.7 Å². The highest BCUT2D eigenvalue weighted by molar-refractivity contribution is 9.10. The first-order chi connectivity index (χ1) is 16.6. The van der Waals surface area contributed by atoms with Gasteiger partial charge in [-0.1, -0.05) is 76.6 Å². The highest BCUT2D eigenvalue weighted by Gasteiger charge is 2.29. The molecule has 0 unspecified atom stereocenters. The maximum Gasteiger partial charge on any atom is 0.243 e. The number of ether oxygens (including phenoxy) is 1. The molecular formula is C28H31BrN2O3. The van der Waals surface area contributed by atoms with E-state index in [0.717, 1.165) is 21.3 Å². The number of nitrogens with one attached hydrogen (secondary N) is 1. The first-order valence-electron chi connectivity index (χ1n) is 11.6. The summed E-state index contributed by atoms with van der Waals surface area (Å²) >= 11 is 3.51. The van der Waals surface area contributed by atoms with Crippen LogP contribution in [0.3, 0.4) is 0 Å². The number of likely N-dealkylation sites (N-methyl/N-ethyl adjacent to an activating group) is 1. The molecule has 0 radical (unpaired) electrons. The van der Waals surface area contributed by atoms with Crippen molar-refractivity contribution in [2.45, 2.75) is 38.8 Å². The van der Waals surface area contributed by atoms with E-state index in [9.17, 15) is 9.59 Å². The fourth-order valence-electron chi connectivity index (χ4n) is 3.75. The van der Waals surface area contributed by atoms with Gasteiger partial charge in [-0.25, -0.2) is 0 Å². The summed E-state index contributed by atoms with van der Waals surface area (Å²) in [5.41, 5.74) is 1.98. The summed E-state index contributed by atoms with van der Waals surface area (Å²) in [6, 6.07) is 26.6. The Morgan fingerprint density at radius 3 is 2.29 bits per heavy atom. The molecule has 1 N–H and O–H groups in total. The molecule has 0 saturated carbocycles. The first kappa shape index (κ1) is 25.5. The zero-order valence-electron chi connectivity index (χ0n) is 19.5. The second-order valence-corrected chi connectivity index (χ2v) is 8.93. The van der Waals surface area contributed by atoms with E-state index >= 15 is 0 Å². The van der Waals surface area contributed by atoms with Crippen molar-refractivity contribution in [3.8, 4) is 5.75 Å². The lowest BCUT2D eigenvalue weighted by Gasteiger charge is -2.31. The molecule has 0 fully saturated rings. The number of carbonyl (C=O) groups excluding carboxylic acids is 2. The fourth-order valence-corrected chi connectivity index (χ4v) is 4.20. The maximum atomic E-state index is 13.5. The predicted molar refractivity (Wildman–Crippen MR) is 138 cm³/mol. The average molecular weight is 523 g/mol. The minimum Gasteiger partial charge on any atom is -0.494 e. The van der Waals surface area contributed by atoms with Crippen LogP contribution in [0.4, 0.5) is 0 Å². The van der Waals surface area contributed by atoms with Gasteiger partial charge < -0.3 is 15.0 Å². The van der Waals surface area contributed by atoms with E-state index in [0.29, 0.717) is 39.0 Å². The molecule has 2 amide bonds. The largest absolute Gasteiger partial charge is 0.494 e. The van der Waals surface area contributed by atoms with Gasteiger partial charge in [0.25, 0.3) is 0 Å². The second-order valence-electron chi connectivity index (χ2n) is 8.02. The normalized spacial score (nSPS) is 11.5. The van der Waals surface area contributed by atoms with Gasteiger partial charge in [0.1, 0.15) is 11.8 Å². The van der Waals surface area contributed by atoms with Gasteiger partial charge in [-0.2, -0.15) is 0 Å². The second kappa shape index (κ2) is 13.6. The summed E-state index contributed by atoms with van der Waals surface area (Å²) in [5, 5.41) is 2.92. The van der Waals surface area contributed by atoms with E-state index in [2.05, 4.69) is 21.2 Å². The molecule has 0 aliphatic heterocycles. The molecule has 3 rings (SSSR count). The van der Waals surface area contributed by atoms with Crippen LogP contribution in [-0.4, -0.2) is 35.9 Å². The van der Waals surface area contributed by atoms with Crippen molar-refractivity contribution in [1.29, 1.82) is 0 Å². The Balaban J connectivity index is 1.77. The van der Waals surface area contributed by atoms with Crippen molar-refractivity contribution < 1.29 is 14.3 Å². The number of amides is 2. The number of halogens is 1. The van der Waals surface area contributed by atoms with Crippen LogP contribution in [-0.2, 0) is 22.6 Å². The Labute approximate surface area is 210 Å². The van der Waals surface area contributed by atoms with E-state index in [1.54, 1.807) is 4.90 Å². The molecule has 6 heteroatoms. The molecule has 0 aliphatic rings. The molecule has 5 nitrogen and oxygen atoms in total. The van der Waals surface area contributed by atoms with Crippen LogP contribution < -0.4 is 10.1 Å². The molecule has 3 aromatic rings. The summed E-state index contributed by atoms with van der Waals surface area (Å²) in [5.74, 6) is 0.573. The lowest BCUT2D eigenvalue weighted by atomic mass is 10.0. The van der Waals surface area contributed by atoms with Crippen molar-refractivity contribution in [3.05, 3.63) is 101 Å². The van der Waals surface area contributed by atoms with Crippen LogP contribution in [0, 0.1) is 0 Å². The van der Waals surface area contributed by atoms with E-state index in [1.807, 2.05) is 91.9 Å². The fraction of sp³-hybridized carbons (Fsp3) is 0.286. The topological polar surface area (TPSA) is 58.6 Å². The van der Waals surface area contributed by atoms with Gasteiger partial charge in [-0.3, -0.25) is 9.59 Å². The van der Waals surface area contributed by atoms with Crippen molar-refractivity contribution in [1.82, 2.24) is 10.2 Å². The summed E-state index contributed by atoms with van der Waals surface area (Å²) in [7, 11) is 0. The van der Waals surface area contributed by atoms with E-state index in [1.165, 1.54) is 0 Å². The van der Waals surface area contributed by atoms with Gasteiger partial charge in [0.05, 0.1) is 6.61 Å². The third kappa shape index (κ3) is 8.03. The van der Waals surface area contributed by atoms with Crippen LogP contribution in [0.5, 0.6) is 5.75 Å². The third-order valence-electron chi connectivity index (χ3n) is 5.41. The van der Waals surface area contributed by atoms with Crippen LogP contribution in [0.15, 0.2) is 89.4 Å². The number of hydrogen-bond donors (Lipinski definition) is 1. The monoisotopic (exact) mass is 522 g/mol. The smallest absolute Gasteiger partial charge is 0.243 e. The Kier molecular flexibility index (Phi) is 10.2. The molecule has 0 aromatic heterocycles. The lowest BCUT2D eigenvalue weighted by molar-refractivity contribution is -0.141. The SMILES string of the molecule is CCNC(=O)[C@H](Cc1ccccc1)N(Cc1cccc(Br)c1)C(=O)CCCOc1ccccc1. The minimum atomic E-state index is -0.608. The molecular weight excluding hydrogens is 492 g/mol. The Bertz CT molecular complexity index is 1040. The third-order valence-corrected chi connectivity index (χ3v) is 5.90. The molecule has 178 valence electrons. The minimum absolute atomic E-state index is 0.0659. The van der Waals surface area contributed by atoms with Crippen LogP contribution >= 0.6 is 15.9 Å². The summed E-state index contributed by atoms with van der Waals surface area (Å²) in [4.78, 5) is 28.3. The molecule has 1 atom stereocenters. The molecule has 0 bridgehead atoms. The summed E-state index contributed by atoms with van der Waals surface area (Å²) < 4.78 is 6.69. The first-order valence-corrected chi connectivity index (χ1v) is 12.4. The lowest BCUT2D eigenvalue weighted by Crippen LogP contribution is -2.50. The van der Waals surface area contributed by atoms with Crippen LogP contribution in [0.2, 0.25) is 0 Å². The number of carbonyl (C=O) groups is 2. The molecule has 0 spiro atoms. The molecule has 0 aliphatic carbocycles. The highest BCUT2D eigenvalue weighted by Crippen LogP contribution is 2.19. The van der Waals surface area contributed by atoms with Gasteiger partial charge in [0, 0.05) is 30.4 Å². The molecule has 0 saturated heterocycles. The van der Waals surface area contributed by atoms with Crippen molar-refractivity contribution in [2.75, 3.05) is 13.2 Å². The number of rotatable bonds is 12. The molecule has 0 heterocycles.